The molecule has 0 aliphatic rings. The molecule has 0 amide bonds. The maximum atomic E-state index is 9.19. The number of unbranched alkanes of at least 4 members (excludes halogenated alkanes) is 4. The minimum absolute atomic E-state index is 0.351. The predicted octanol–water partition coefficient (Wildman–Crippen LogP) is 4.87. The van der Waals surface area contributed by atoms with Crippen LogP contribution in [-0.2, 0) is 0 Å². The molecule has 7 nitrogen and oxygen atoms in total. The summed E-state index contributed by atoms with van der Waals surface area (Å²) in [6.45, 7) is 3.69. The van der Waals surface area contributed by atoms with E-state index in [0.717, 1.165) is 24.9 Å². The van der Waals surface area contributed by atoms with E-state index in [1.54, 1.807) is 12.3 Å². The molecule has 0 unspecified atom stereocenters. The quantitative estimate of drug-likeness (QED) is 0.410. The third kappa shape index (κ3) is 6.63. The van der Waals surface area contributed by atoms with E-state index in [0.29, 0.717) is 40.9 Å². The lowest BCUT2D eigenvalue weighted by atomic mass is 10.1. The smallest absolute Gasteiger partial charge is 0.258 e. The number of pyridine rings is 1. The van der Waals surface area contributed by atoms with Crippen molar-refractivity contribution in [3.05, 3.63) is 47.7 Å². The topological polar surface area (TPSA) is 88.1 Å². The summed E-state index contributed by atoms with van der Waals surface area (Å²) >= 11 is 0. The zero-order chi connectivity index (χ0) is 22.1. The number of ether oxygens (including phenoxy) is 1. The van der Waals surface area contributed by atoms with Crippen LogP contribution in [0.3, 0.4) is 0 Å². The van der Waals surface area contributed by atoms with Crippen LogP contribution in [0.4, 0.5) is 0 Å². The van der Waals surface area contributed by atoms with Crippen LogP contribution in [0.15, 0.2) is 41.1 Å². The number of aromatic nitrogens is 3. The molecule has 31 heavy (non-hydrogen) atoms. The maximum Gasteiger partial charge on any atom is 0.258 e. The van der Waals surface area contributed by atoms with Crippen molar-refractivity contribution in [3.8, 4) is 34.8 Å². The largest absolute Gasteiger partial charge is 0.491 e. The number of hydrogen-bond acceptors (Lipinski definition) is 7. The summed E-state index contributed by atoms with van der Waals surface area (Å²) < 4.78 is 11.4. The van der Waals surface area contributed by atoms with E-state index < -0.39 is 0 Å². The number of aryl methyl sites for hydroxylation is 1. The van der Waals surface area contributed by atoms with Gasteiger partial charge in [0, 0.05) is 11.8 Å². The van der Waals surface area contributed by atoms with Gasteiger partial charge in [-0.1, -0.05) is 24.4 Å². The van der Waals surface area contributed by atoms with Gasteiger partial charge in [-0.3, -0.25) is 0 Å². The lowest BCUT2D eigenvalue weighted by molar-refractivity contribution is 0.303. The van der Waals surface area contributed by atoms with Crippen molar-refractivity contribution < 1.29 is 9.26 Å². The fourth-order valence-electron chi connectivity index (χ4n) is 3.33. The molecule has 0 saturated carbocycles. The minimum Gasteiger partial charge on any atom is -0.491 e. The van der Waals surface area contributed by atoms with Crippen molar-refractivity contribution >= 4 is 0 Å². The van der Waals surface area contributed by atoms with Gasteiger partial charge in [-0.2, -0.15) is 10.2 Å². The van der Waals surface area contributed by atoms with E-state index in [9.17, 15) is 5.26 Å². The third-order valence-electron chi connectivity index (χ3n) is 4.87. The lowest BCUT2D eigenvalue weighted by Gasteiger charge is -2.09. The molecule has 162 valence electrons. The summed E-state index contributed by atoms with van der Waals surface area (Å²) in [4.78, 5) is 11.1. The first kappa shape index (κ1) is 22.4. The van der Waals surface area contributed by atoms with Crippen LogP contribution in [0.1, 0.15) is 43.2 Å². The van der Waals surface area contributed by atoms with Crippen LogP contribution < -0.4 is 4.74 Å². The Bertz CT molecular complexity index is 1020. The minimum atomic E-state index is 0.351. The highest BCUT2D eigenvalue weighted by molar-refractivity contribution is 5.63. The van der Waals surface area contributed by atoms with Gasteiger partial charge in [0.15, 0.2) is 5.69 Å². The van der Waals surface area contributed by atoms with E-state index in [1.807, 2.05) is 31.2 Å². The van der Waals surface area contributed by atoms with Crippen molar-refractivity contribution in [3.63, 3.8) is 0 Å². The van der Waals surface area contributed by atoms with Gasteiger partial charge in [-0.25, -0.2) is 4.98 Å². The Labute approximate surface area is 183 Å². The molecule has 0 aliphatic carbocycles. The molecule has 7 heteroatoms. The zero-order valence-electron chi connectivity index (χ0n) is 18.5. The molecule has 2 aromatic heterocycles. The third-order valence-corrected chi connectivity index (χ3v) is 4.87. The number of hydrogen-bond donors (Lipinski definition) is 0. The first-order valence-corrected chi connectivity index (χ1v) is 10.7. The average Bonchev–Trinajstić information content (AvgIpc) is 3.25. The first-order valence-electron chi connectivity index (χ1n) is 10.7. The van der Waals surface area contributed by atoms with Gasteiger partial charge in [0.2, 0.25) is 5.82 Å². The van der Waals surface area contributed by atoms with Gasteiger partial charge < -0.3 is 14.2 Å². The molecule has 3 rings (SSSR count). The Morgan fingerprint density at radius 3 is 2.71 bits per heavy atom. The van der Waals surface area contributed by atoms with Crippen molar-refractivity contribution in [2.45, 2.75) is 39.0 Å². The van der Waals surface area contributed by atoms with Gasteiger partial charge in [0.05, 0.1) is 18.2 Å². The molecule has 0 aliphatic heterocycles. The molecule has 0 N–H and O–H groups in total. The number of rotatable bonds is 11. The van der Waals surface area contributed by atoms with Gasteiger partial charge in [-0.05, 0) is 76.3 Å². The monoisotopic (exact) mass is 419 g/mol. The second kappa shape index (κ2) is 11.2. The van der Waals surface area contributed by atoms with Gasteiger partial charge >= 0.3 is 0 Å². The standard InChI is InChI=1S/C24H29N5O2/c1-18-14-19(17-25)16-20(15-18)24-27-23(28-31-24)22-21(10-9-11-26-22)30-13-8-6-4-5-7-12-29(2)3/h9-11,14-16H,4-8,12-13H2,1-3H3. The Balaban J connectivity index is 1.60. The Morgan fingerprint density at radius 2 is 1.90 bits per heavy atom. The lowest BCUT2D eigenvalue weighted by Crippen LogP contribution is -2.12. The molecule has 0 atom stereocenters. The Morgan fingerprint density at radius 1 is 1.10 bits per heavy atom. The fourth-order valence-corrected chi connectivity index (χ4v) is 3.33. The van der Waals surface area contributed by atoms with E-state index in [4.69, 9.17) is 9.26 Å². The van der Waals surface area contributed by atoms with Crippen LogP contribution in [0, 0.1) is 18.3 Å². The molecule has 3 aromatic rings. The van der Waals surface area contributed by atoms with E-state index in [1.165, 1.54) is 19.3 Å². The zero-order valence-corrected chi connectivity index (χ0v) is 18.5. The van der Waals surface area contributed by atoms with Crippen molar-refractivity contribution in [1.82, 2.24) is 20.0 Å². The van der Waals surface area contributed by atoms with Gasteiger partial charge in [0.25, 0.3) is 5.89 Å². The Kier molecular flexibility index (Phi) is 8.13. The summed E-state index contributed by atoms with van der Waals surface area (Å²) in [7, 11) is 4.22. The van der Waals surface area contributed by atoms with Crippen LogP contribution in [0.25, 0.3) is 23.0 Å². The molecular weight excluding hydrogens is 390 g/mol. The molecular formula is C24H29N5O2. The molecule has 0 fully saturated rings. The van der Waals surface area contributed by atoms with Crippen molar-refractivity contribution in [2.75, 3.05) is 27.2 Å². The fraction of sp³-hybridized carbons (Fsp3) is 0.417. The first-order chi connectivity index (χ1) is 15.1. The molecule has 1 aromatic carbocycles. The highest BCUT2D eigenvalue weighted by Gasteiger charge is 2.16. The van der Waals surface area contributed by atoms with E-state index in [-0.39, 0.29) is 0 Å². The van der Waals surface area contributed by atoms with Gasteiger partial charge in [-0.15, -0.1) is 0 Å². The summed E-state index contributed by atoms with van der Waals surface area (Å²) in [6.07, 6.45) is 7.51. The second-order valence-corrected chi connectivity index (χ2v) is 7.89. The molecule has 0 saturated heterocycles. The molecule has 2 heterocycles. The molecule has 0 radical (unpaired) electrons. The summed E-state index contributed by atoms with van der Waals surface area (Å²) in [5.41, 5.74) is 2.77. The van der Waals surface area contributed by atoms with Crippen molar-refractivity contribution in [1.29, 1.82) is 5.26 Å². The highest BCUT2D eigenvalue weighted by atomic mass is 16.5. The second-order valence-electron chi connectivity index (χ2n) is 7.89. The average molecular weight is 420 g/mol. The van der Waals surface area contributed by atoms with Crippen LogP contribution >= 0.6 is 0 Å². The SMILES string of the molecule is Cc1cc(C#N)cc(-c2nc(-c3ncccc3OCCCCCCCN(C)C)no2)c1. The molecule has 0 bridgehead atoms. The van der Waals surface area contributed by atoms with Crippen molar-refractivity contribution in [2.24, 2.45) is 0 Å². The normalized spacial score (nSPS) is 10.9. The summed E-state index contributed by atoms with van der Waals surface area (Å²) in [5.74, 6) is 1.36. The number of nitrogens with zero attached hydrogens (tertiary/aromatic N) is 5. The van der Waals surface area contributed by atoms with Crippen LogP contribution in [0.5, 0.6) is 5.75 Å². The van der Waals surface area contributed by atoms with E-state index in [2.05, 4.69) is 40.2 Å². The molecule has 0 spiro atoms. The summed E-state index contributed by atoms with van der Waals surface area (Å²) in [6, 6.07) is 11.3. The Hall–Kier alpha value is -3.24. The number of benzene rings is 1. The highest BCUT2D eigenvalue weighted by Crippen LogP contribution is 2.28. The van der Waals surface area contributed by atoms with E-state index >= 15 is 0 Å². The van der Waals surface area contributed by atoms with Crippen LogP contribution in [0.2, 0.25) is 0 Å². The van der Waals surface area contributed by atoms with Gasteiger partial charge in [0.1, 0.15) is 5.75 Å². The maximum absolute atomic E-state index is 9.19. The number of nitriles is 1. The predicted molar refractivity (Wildman–Crippen MR) is 120 cm³/mol. The summed E-state index contributed by atoms with van der Waals surface area (Å²) in [5, 5.41) is 13.3. The van der Waals surface area contributed by atoms with Crippen LogP contribution in [-0.4, -0.2) is 47.3 Å².